The third-order valence-electron chi connectivity index (χ3n) is 6.52. The number of rotatable bonds is 8. The fourth-order valence-corrected chi connectivity index (χ4v) is 4.06. The Morgan fingerprint density at radius 3 is 2.54 bits per heavy atom. The van der Waals surface area contributed by atoms with Crippen molar-refractivity contribution in [2.24, 2.45) is 23.0 Å². The zero-order chi connectivity index (χ0) is 24.8. The first kappa shape index (κ1) is 25.1. The summed E-state index contributed by atoms with van der Waals surface area (Å²) < 4.78 is 7.27. The standard InChI is InChI=1S/C26H37N7O2/c1-5-23(31-30-18(3)19-7-8-19)29-26-28-22(17-24(27-6-2)32(26)4)20-9-11-21(12-10-20)25(34)33-13-15-35-16-14-33/h9-12,17-19,30H,5-8,13-16H2,1-4H3,(H,28,29,31). The molecule has 188 valence electrons. The van der Waals surface area contributed by atoms with Crippen molar-refractivity contribution < 1.29 is 9.53 Å². The third-order valence-corrected chi connectivity index (χ3v) is 6.52. The molecule has 2 aromatic rings. The maximum Gasteiger partial charge on any atom is 0.254 e. The summed E-state index contributed by atoms with van der Waals surface area (Å²) >= 11 is 0. The lowest BCUT2D eigenvalue weighted by Gasteiger charge is -2.26. The second-order valence-corrected chi connectivity index (χ2v) is 9.12. The smallest absolute Gasteiger partial charge is 0.254 e. The molecular weight excluding hydrogens is 442 g/mol. The number of nitrogens with zero attached hydrogens (tertiary/aromatic N) is 5. The van der Waals surface area contributed by atoms with Crippen LogP contribution < -0.4 is 16.3 Å². The van der Waals surface area contributed by atoms with Crippen molar-refractivity contribution in [1.29, 1.82) is 0 Å². The van der Waals surface area contributed by atoms with Crippen LogP contribution in [0.3, 0.4) is 0 Å². The van der Waals surface area contributed by atoms with E-state index in [1.807, 2.05) is 53.8 Å². The molecule has 0 spiro atoms. The molecule has 1 saturated carbocycles. The van der Waals surface area contributed by atoms with E-state index in [9.17, 15) is 4.79 Å². The van der Waals surface area contributed by atoms with Gasteiger partial charge in [-0.3, -0.25) is 14.4 Å². The molecule has 0 bridgehead atoms. The number of nitrogens with one attached hydrogen (secondary N) is 2. The molecule has 1 aromatic heterocycles. The number of carbonyl (C=O) groups excluding carboxylic acids is 1. The fourth-order valence-electron chi connectivity index (χ4n) is 4.06. The number of morpholine rings is 1. The number of hydrazine groups is 1. The van der Waals surface area contributed by atoms with Crippen LogP contribution in [-0.4, -0.2) is 65.1 Å². The van der Waals surface area contributed by atoms with Gasteiger partial charge in [0.2, 0.25) is 5.95 Å². The lowest BCUT2D eigenvalue weighted by atomic mass is 10.1. The molecule has 1 aromatic carbocycles. The number of aromatic nitrogens is 2. The summed E-state index contributed by atoms with van der Waals surface area (Å²) in [6.07, 6.45) is 3.31. The third kappa shape index (κ3) is 6.35. The monoisotopic (exact) mass is 479 g/mol. The quantitative estimate of drug-likeness (QED) is 0.345. The number of ether oxygens (including phenoxy) is 1. The number of amidine groups is 1. The summed E-state index contributed by atoms with van der Waals surface area (Å²) in [7, 11) is 1.93. The number of hydrogen-bond acceptors (Lipinski definition) is 6. The van der Waals surface area contributed by atoms with E-state index in [1.165, 1.54) is 12.8 Å². The summed E-state index contributed by atoms with van der Waals surface area (Å²) in [6.45, 7) is 9.37. The average Bonchev–Trinajstić information content (AvgIpc) is 3.74. The van der Waals surface area contributed by atoms with Crippen LogP contribution in [-0.2, 0) is 11.8 Å². The van der Waals surface area contributed by atoms with E-state index < -0.39 is 0 Å². The maximum atomic E-state index is 12.8. The Labute approximate surface area is 207 Å². The molecule has 1 aliphatic carbocycles. The molecule has 1 unspecified atom stereocenters. The summed E-state index contributed by atoms with van der Waals surface area (Å²) in [4.78, 5) is 29.0. The van der Waals surface area contributed by atoms with E-state index >= 15 is 0 Å². The maximum absolute atomic E-state index is 12.8. The molecule has 2 heterocycles. The topological polar surface area (TPSA) is 96.1 Å². The lowest BCUT2D eigenvalue weighted by Crippen LogP contribution is -2.43. The van der Waals surface area contributed by atoms with Crippen LogP contribution in [0.25, 0.3) is 11.3 Å². The van der Waals surface area contributed by atoms with E-state index in [4.69, 9.17) is 14.7 Å². The Bertz CT molecular complexity index is 1110. The lowest BCUT2D eigenvalue weighted by molar-refractivity contribution is 0.0303. The van der Waals surface area contributed by atoms with E-state index in [0.717, 1.165) is 34.9 Å². The van der Waals surface area contributed by atoms with Crippen LogP contribution >= 0.6 is 0 Å². The molecule has 9 nitrogen and oxygen atoms in total. The van der Waals surface area contributed by atoms with Gasteiger partial charge in [-0.15, -0.1) is 0 Å². The Balaban J connectivity index is 1.60. The van der Waals surface area contributed by atoms with Crippen molar-refractivity contribution in [1.82, 2.24) is 25.3 Å². The van der Waals surface area contributed by atoms with Crippen molar-refractivity contribution in [2.45, 2.75) is 46.1 Å². The molecule has 1 atom stereocenters. The van der Waals surface area contributed by atoms with Gasteiger partial charge in [0.1, 0.15) is 11.3 Å². The number of benzene rings is 1. The van der Waals surface area contributed by atoms with Gasteiger partial charge in [0.15, 0.2) is 0 Å². The van der Waals surface area contributed by atoms with Crippen LogP contribution in [0.5, 0.6) is 0 Å². The first-order valence-electron chi connectivity index (χ1n) is 12.6. The largest absolute Gasteiger partial charge is 0.378 e. The Morgan fingerprint density at radius 1 is 1.20 bits per heavy atom. The van der Waals surface area contributed by atoms with Crippen LogP contribution in [0.2, 0.25) is 0 Å². The Kier molecular flexibility index (Phi) is 8.30. The molecule has 0 radical (unpaired) electrons. The van der Waals surface area contributed by atoms with Crippen molar-refractivity contribution >= 4 is 17.7 Å². The fraction of sp³-hybridized carbons (Fsp3) is 0.538. The highest BCUT2D eigenvalue weighted by Crippen LogP contribution is 2.32. The second kappa shape index (κ2) is 11.6. The molecule has 1 aliphatic heterocycles. The minimum Gasteiger partial charge on any atom is -0.378 e. The minimum atomic E-state index is 0.0332. The van der Waals surface area contributed by atoms with Gasteiger partial charge in [0.25, 0.3) is 5.91 Å². The van der Waals surface area contributed by atoms with Crippen LogP contribution in [0.15, 0.2) is 40.3 Å². The summed E-state index contributed by atoms with van der Waals surface area (Å²) in [5.41, 5.74) is 9.84. The summed E-state index contributed by atoms with van der Waals surface area (Å²) in [5.74, 6) is 2.18. The number of aliphatic imine (C=N–C) groups is 1. The Morgan fingerprint density at radius 2 is 1.91 bits per heavy atom. The van der Waals surface area contributed by atoms with Crippen molar-refractivity contribution in [2.75, 3.05) is 32.8 Å². The zero-order valence-corrected chi connectivity index (χ0v) is 21.3. The number of carbonyl (C=O) groups is 1. The summed E-state index contributed by atoms with van der Waals surface area (Å²) in [5, 5.41) is 0. The molecule has 4 rings (SSSR count). The first-order valence-corrected chi connectivity index (χ1v) is 12.6. The van der Waals surface area contributed by atoms with E-state index in [1.54, 1.807) is 0 Å². The number of hydrogen-bond donors (Lipinski definition) is 2. The van der Waals surface area contributed by atoms with Gasteiger partial charge >= 0.3 is 0 Å². The predicted molar refractivity (Wildman–Crippen MR) is 137 cm³/mol. The normalized spacial score (nSPS) is 18.0. The van der Waals surface area contributed by atoms with Crippen LogP contribution in [0.4, 0.5) is 5.95 Å². The molecule has 2 aliphatic rings. The van der Waals surface area contributed by atoms with Crippen molar-refractivity contribution in [3.8, 4) is 11.3 Å². The van der Waals surface area contributed by atoms with E-state index in [0.29, 0.717) is 50.4 Å². The highest BCUT2D eigenvalue weighted by Gasteiger charge is 2.27. The molecular formula is C26H37N7O2. The van der Waals surface area contributed by atoms with Gasteiger partial charge in [-0.05, 0) is 44.7 Å². The zero-order valence-electron chi connectivity index (χ0n) is 21.3. The molecule has 1 saturated heterocycles. The first-order chi connectivity index (χ1) is 17.0. The predicted octanol–water partition coefficient (Wildman–Crippen LogP) is 2.81. The van der Waals surface area contributed by atoms with Gasteiger partial charge in [-0.2, -0.15) is 4.99 Å². The van der Waals surface area contributed by atoms with Crippen LogP contribution in [0, 0.1) is 5.92 Å². The number of amides is 1. The Hall–Kier alpha value is -3.04. The average molecular weight is 480 g/mol. The van der Waals surface area contributed by atoms with Crippen molar-refractivity contribution in [3.63, 3.8) is 0 Å². The molecule has 35 heavy (non-hydrogen) atoms. The SMILES string of the molecule is CCN=c1cc(-c2ccc(C(=O)N3CCOCC3)cc2)nc(/N=C(\CC)NNC(C)C2CC2)n1C. The van der Waals surface area contributed by atoms with E-state index in [2.05, 4.69) is 29.7 Å². The van der Waals surface area contributed by atoms with Gasteiger partial charge in [0.05, 0.1) is 18.9 Å². The van der Waals surface area contributed by atoms with Gasteiger partial charge in [-0.1, -0.05) is 19.1 Å². The van der Waals surface area contributed by atoms with Crippen LogP contribution in [0.1, 0.15) is 50.4 Å². The van der Waals surface area contributed by atoms with Gasteiger partial charge in [-0.25, -0.2) is 10.4 Å². The van der Waals surface area contributed by atoms with E-state index in [-0.39, 0.29) is 5.91 Å². The second-order valence-electron chi connectivity index (χ2n) is 9.12. The minimum absolute atomic E-state index is 0.0332. The summed E-state index contributed by atoms with van der Waals surface area (Å²) in [6, 6.07) is 9.99. The van der Waals surface area contributed by atoms with Gasteiger partial charge < -0.3 is 15.1 Å². The molecule has 1 amide bonds. The molecule has 9 heteroatoms. The molecule has 2 N–H and O–H groups in total. The van der Waals surface area contributed by atoms with Gasteiger partial charge in [0, 0.05) is 56.3 Å². The molecule has 2 fully saturated rings. The van der Waals surface area contributed by atoms with Crippen molar-refractivity contribution in [3.05, 3.63) is 41.4 Å². The highest BCUT2D eigenvalue weighted by atomic mass is 16.5. The highest BCUT2D eigenvalue weighted by molar-refractivity contribution is 5.94.